The third-order valence-corrected chi connectivity index (χ3v) is 4.91. The molecular weight excluding hydrogens is 400 g/mol. The first-order chi connectivity index (χ1) is 14.6. The van der Waals surface area contributed by atoms with Crippen LogP contribution in [-0.4, -0.2) is 37.6 Å². The first kappa shape index (κ1) is 19.6. The van der Waals surface area contributed by atoms with E-state index in [0.29, 0.717) is 17.1 Å². The maximum atomic E-state index is 12.5. The fourth-order valence-corrected chi connectivity index (χ4v) is 3.21. The molecule has 1 amide bonds. The zero-order chi connectivity index (χ0) is 20.9. The third-order valence-electron chi connectivity index (χ3n) is 4.60. The van der Waals surface area contributed by atoms with Crippen LogP contribution in [0.15, 0.2) is 67.0 Å². The van der Waals surface area contributed by atoms with Gasteiger partial charge in [0.05, 0.1) is 12.8 Å². The van der Waals surface area contributed by atoms with Crippen molar-refractivity contribution in [3.8, 4) is 22.8 Å². The number of nitrogens with zero attached hydrogens (tertiary/aromatic N) is 4. The minimum absolute atomic E-state index is 0.0715. The van der Waals surface area contributed by atoms with Gasteiger partial charge in [-0.25, -0.2) is 4.68 Å². The highest BCUT2D eigenvalue weighted by Crippen LogP contribution is 2.20. The van der Waals surface area contributed by atoms with E-state index in [1.54, 1.807) is 22.6 Å². The fourth-order valence-electron chi connectivity index (χ4n) is 3.01. The number of hydrogen-bond donors (Lipinski definition) is 2. The Morgan fingerprint density at radius 3 is 2.60 bits per heavy atom. The Bertz CT molecular complexity index is 1180. The van der Waals surface area contributed by atoms with E-state index < -0.39 is 0 Å². The van der Waals surface area contributed by atoms with E-state index in [2.05, 4.69) is 20.6 Å². The van der Waals surface area contributed by atoms with E-state index >= 15 is 0 Å². The normalized spacial score (nSPS) is 10.7. The Labute approximate surface area is 178 Å². The van der Waals surface area contributed by atoms with E-state index in [4.69, 9.17) is 17.0 Å². The van der Waals surface area contributed by atoms with Gasteiger partial charge in [0.25, 0.3) is 0 Å². The molecule has 9 heteroatoms. The Hall–Kier alpha value is -3.72. The number of rotatable bonds is 7. The van der Waals surface area contributed by atoms with Crippen molar-refractivity contribution in [1.82, 2.24) is 29.9 Å². The second-order valence-electron chi connectivity index (χ2n) is 6.56. The molecule has 0 bridgehead atoms. The summed E-state index contributed by atoms with van der Waals surface area (Å²) in [5.74, 6) is 1.19. The molecule has 0 unspecified atom stereocenters. The van der Waals surface area contributed by atoms with Crippen LogP contribution in [0.5, 0.6) is 5.75 Å². The number of H-pyrrole nitrogens is 1. The number of nitrogens with one attached hydrogen (secondary N) is 2. The van der Waals surface area contributed by atoms with Gasteiger partial charge in [-0.15, -0.1) is 0 Å². The lowest BCUT2D eigenvalue weighted by Crippen LogP contribution is -2.27. The van der Waals surface area contributed by atoms with Gasteiger partial charge in [-0.2, -0.15) is 10.2 Å². The van der Waals surface area contributed by atoms with Crippen molar-refractivity contribution < 1.29 is 9.53 Å². The van der Waals surface area contributed by atoms with Gasteiger partial charge in [0.15, 0.2) is 10.6 Å². The van der Waals surface area contributed by atoms with Crippen molar-refractivity contribution in [3.63, 3.8) is 0 Å². The van der Waals surface area contributed by atoms with Crippen molar-refractivity contribution in [1.29, 1.82) is 0 Å². The Morgan fingerprint density at radius 2 is 1.93 bits per heavy atom. The van der Waals surface area contributed by atoms with Gasteiger partial charge in [-0.3, -0.25) is 14.5 Å². The first-order valence-electron chi connectivity index (χ1n) is 9.29. The lowest BCUT2D eigenvalue weighted by Gasteiger charge is -2.09. The minimum Gasteiger partial charge on any atom is -0.497 e. The van der Waals surface area contributed by atoms with Crippen molar-refractivity contribution in [2.45, 2.75) is 13.1 Å². The summed E-state index contributed by atoms with van der Waals surface area (Å²) in [6.07, 6.45) is 3.61. The number of benzene rings is 2. The molecule has 2 aromatic carbocycles. The number of ether oxygens (including phenoxy) is 1. The van der Waals surface area contributed by atoms with Crippen LogP contribution in [0.3, 0.4) is 0 Å². The Morgan fingerprint density at radius 1 is 1.17 bits per heavy atom. The standard InChI is InChI=1S/C21H20N6O2S/c1-29-18-9-5-16(6-10-18)20-24-25-21(30)26(20)14-19(28)22-13-15-3-7-17(8-4-15)27-12-2-11-23-27/h2-12H,13-14H2,1H3,(H,22,28)(H,25,30). The summed E-state index contributed by atoms with van der Waals surface area (Å²) in [4.78, 5) is 12.5. The second kappa shape index (κ2) is 8.75. The number of amides is 1. The molecular formula is C21H20N6O2S. The van der Waals surface area contributed by atoms with Crippen LogP contribution in [0.1, 0.15) is 5.56 Å². The van der Waals surface area contributed by atoms with Gasteiger partial charge >= 0.3 is 0 Å². The van der Waals surface area contributed by atoms with Crippen LogP contribution in [0.25, 0.3) is 17.1 Å². The predicted octanol–water partition coefficient (Wildman–Crippen LogP) is 3.12. The van der Waals surface area contributed by atoms with Crippen molar-refractivity contribution in [2.75, 3.05) is 7.11 Å². The quantitative estimate of drug-likeness (QED) is 0.449. The molecule has 2 N–H and O–H groups in total. The minimum atomic E-state index is -0.154. The molecule has 2 aromatic heterocycles. The molecule has 8 nitrogen and oxygen atoms in total. The lowest BCUT2D eigenvalue weighted by molar-refractivity contribution is -0.121. The Balaban J connectivity index is 1.41. The van der Waals surface area contributed by atoms with E-state index in [1.165, 1.54) is 0 Å². The average Bonchev–Trinajstić information content (AvgIpc) is 3.44. The van der Waals surface area contributed by atoms with Gasteiger partial charge in [0.1, 0.15) is 12.3 Å². The molecule has 0 aliphatic rings. The number of methoxy groups -OCH3 is 1. The number of aromatic nitrogens is 5. The summed E-state index contributed by atoms with van der Waals surface area (Å²) < 4.78 is 9.03. The molecule has 4 rings (SSSR count). The van der Waals surface area contributed by atoms with E-state index in [9.17, 15) is 4.79 Å². The molecule has 0 atom stereocenters. The molecule has 0 fully saturated rings. The molecule has 0 saturated carbocycles. The molecule has 0 radical (unpaired) electrons. The molecule has 4 aromatic rings. The largest absolute Gasteiger partial charge is 0.497 e. The van der Waals surface area contributed by atoms with Gasteiger partial charge in [0.2, 0.25) is 5.91 Å². The van der Waals surface area contributed by atoms with E-state index in [1.807, 2.05) is 60.8 Å². The van der Waals surface area contributed by atoms with Gasteiger partial charge in [-0.05, 0) is 60.2 Å². The SMILES string of the molecule is COc1ccc(-c2n[nH]c(=S)n2CC(=O)NCc2ccc(-n3cccn3)cc2)cc1. The molecule has 0 spiro atoms. The van der Waals surface area contributed by atoms with Crippen LogP contribution in [0.2, 0.25) is 0 Å². The van der Waals surface area contributed by atoms with Crippen LogP contribution in [-0.2, 0) is 17.9 Å². The molecule has 152 valence electrons. The molecule has 0 saturated heterocycles. The number of aromatic amines is 1. The highest BCUT2D eigenvalue weighted by atomic mass is 32.1. The van der Waals surface area contributed by atoms with E-state index in [-0.39, 0.29) is 12.5 Å². The van der Waals surface area contributed by atoms with Crippen molar-refractivity contribution in [3.05, 3.63) is 77.3 Å². The lowest BCUT2D eigenvalue weighted by atomic mass is 10.2. The smallest absolute Gasteiger partial charge is 0.240 e. The number of carbonyl (C=O) groups is 1. The number of carbonyl (C=O) groups excluding carboxylic acids is 1. The second-order valence-corrected chi connectivity index (χ2v) is 6.95. The highest BCUT2D eigenvalue weighted by molar-refractivity contribution is 7.71. The van der Waals surface area contributed by atoms with Crippen LogP contribution < -0.4 is 10.1 Å². The zero-order valence-corrected chi connectivity index (χ0v) is 17.1. The summed E-state index contributed by atoms with van der Waals surface area (Å²) in [7, 11) is 1.61. The maximum Gasteiger partial charge on any atom is 0.240 e. The summed E-state index contributed by atoms with van der Waals surface area (Å²) in [6, 6.07) is 17.1. The predicted molar refractivity (Wildman–Crippen MR) is 115 cm³/mol. The molecule has 0 aliphatic heterocycles. The Kier molecular flexibility index (Phi) is 5.71. The van der Waals surface area contributed by atoms with Gasteiger partial charge in [0, 0.05) is 24.5 Å². The van der Waals surface area contributed by atoms with E-state index in [0.717, 1.165) is 22.6 Å². The van der Waals surface area contributed by atoms with Crippen LogP contribution >= 0.6 is 12.2 Å². The average molecular weight is 420 g/mol. The van der Waals surface area contributed by atoms with Crippen LogP contribution in [0.4, 0.5) is 0 Å². The fraction of sp³-hybridized carbons (Fsp3) is 0.143. The molecule has 30 heavy (non-hydrogen) atoms. The number of hydrogen-bond acceptors (Lipinski definition) is 5. The monoisotopic (exact) mass is 420 g/mol. The van der Waals surface area contributed by atoms with Crippen molar-refractivity contribution >= 4 is 18.1 Å². The summed E-state index contributed by atoms with van der Waals surface area (Å²) >= 11 is 5.30. The first-order valence-corrected chi connectivity index (χ1v) is 9.70. The highest BCUT2D eigenvalue weighted by Gasteiger charge is 2.12. The van der Waals surface area contributed by atoms with Gasteiger partial charge < -0.3 is 10.1 Å². The molecule has 2 heterocycles. The van der Waals surface area contributed by atoms with Crippen LogP contribution in [0, 0.1) is 4.77 Å². The zero-order valence-electron chi connectivity index (χ0n) is 16.3. The topological polar surface area (TPSA) is 89.8 Å². The molecule has 0 aliphatic carbocycles. The van der Waals surface area contributed by atoms with Crippen molar-refractivity contribution in [2.24, 2.45) is 0 Å². The summed E-state index contributed by atoms with van der Waals surface area (Å²) in [6.45, 7) is 0.489. The maximum absolute atomic E-state index is 12.5. The third kappa shape index (κ3) is 4.31. The van der Waals surface area contributed by atoms with Gasteiger partial charge in [-0.1, -0.05) is 12.1 Å². The summed E-state index contributed by atoms with van der Waals surface area (Å²) in [5, 5.41) is 14.2. The summed E-state index contributed by atoms with van der Waals surface area (Å²) in [5.41, 5.74) is 2.79.